The van der Waals surface area contributed by atoms with Crippen molar-refractivity contribution in [3.05, 3.63) is 5.92 Å². The van der Waals surface area contributed by atoms with Gasteiger partial charge in [-0.25, -0.2) is 0 Å². The Morgan fingerprint density at radius 3 is 1.83 bits per heavy atom. The summed E-state index contributed by atoms with van der Waals surface area (Å²) in [6.07, 6.45) is 0. The predicted molar refractivity (Wildman–Crippen MR) is 35.8 cm³/mol. The number of rotatable bonds is 2. The Morgan fingerprint density at radius 2 is 1.75 bits per heavy atom. The van der Waals surface area contributed by atoms with Crippen LogP contribution in [-0.2, 0) is 9.59 Å². The van der Waals surface area contributed by atoms with Crippen LogP contribution in [0.3, 0.4) is 0 Å². The average Bonchev–Trinajstić information content (AvgIpc) is 2.33. The molecule has 0 bridgehead atoms. The standard InChI is InChI=1S/C7H9O4.Li/c1-7(2)3(5(8)9)4(7)6(10)11;/h3H,1-2H3,(H,8,9)(H,10,11);/q-1;+1. The smallest absolute Gasteiger partial charge is 0.503 e. The van der Waals surface area contributed by atoms with Gasteiger partial charge in [0.15, 0.2) is 5.97 Å². The molecule has 0 aromatic heterocycles. The van der Waals surface area contributed by atoms with Crippen LogP contribution in [0.1, 0.15) is 13.8 Å². The van der Waals surface area contributed by atoms with Crippen LogP contribution in [0.15, 0.2) is 0 Å². The molecule has 0 heterocycles. The van der Waals surface area contributed by atoms with Crippen LogP contribution < -0.4 is 18.9 Å². The molecule has 2 N–H and O–H groups in total. The Hall–Kier alpha value is -0.593. The number of carbonyl (C=O) groups is 2. The van der Waals surface area contributed by atoms with Gasteiger partial charge in [0.25, 0.3) is 5.97 Å². The fraction of sp³-hybridized carbons (Fsp3) is 0.571. The molecule has 0 saturated heterocycles. The fourth-order valence-electron chi connectivity index (χ4n) is 1.38. The first-order valence-corrected chi connectivity index (χ1v) is 3.22. The van der Waals surface area contributed by atoms with Crippen molar-refractivity contribution in [2.24, 2.45) is 11.3 Å². The summed E-state index contributed by atoms with van der Waals surface area (Å²) < 4.78 is 0. The molecule has 0 spiro atoms. The first-order valence-electron chi connectivity index (χ1n) is 3.22. The van der Waals surface area contributed by atoms with Crippen LogP contribution in [0.25, 0.3) is 0 Å². The zero-order valence-corrected chi connectivity index (χ0v) is 7.29. The molecule has 1 rings (SSSR count). The van der Waals surface area contributed by atoms with E-state index in [1.165, 1.54) is 0 Å². The van der Waals surface area contributed by atoms with Crippen molar-refractivity contribution >= 4 is 11.9 Å². The summed E-state index contributed by atoms with van der Waals surface area (Å²) in [7, 11) is 0. The first-order chi connectivity index (χ1) is 4.89. The summed E-state index contributed by atoms with van der Waals surface area (Å²) in [6.45, 7) is 3.24. The Morgan fingerprint density at radius 1 is 1.33 bits per heavy atom. The molecule has 0 aliphatic heterocycles. The molecule has 62 valence electrons. The minimum atomic E-state index is -1.10. The molecule has 4 nitrogen and oxygen atoms in total. The van der Waals surface area contributed by atoms with Gasteiger partial charge in [-0.1, -0.05) is 19.8 Å². The topological polar surface area (TPSA) is 74.6 Å². The third-order valence-electron chi connectivity index (χ3n) is 2.10. The molecular formula is C7H9LiO4. The maximum absolute atomic E-state index is 10.4. The van der Waals surface area contributed by atoms with Crippen molar-refractivity contribution in [1.82, 2.24) is 0 Å². The van der Waals surface area contributed by atoms with E-state index >= 15 is 0 Å². The van der Waals surface area contributed by atoms with Crippen molar-refractivity contribution in [2.45, 2.75) is 13.8 Å². The fourth-order valence-corrected chi connectivity index (χ4v) is 1.38. The number of aliphatic carboxylic acids is 2. The van der Waals surface area contributed by atoms with Gasteiger partial charge in [0.1, 0.15) is 0 Å². The predicted octanol–water partition coefficient (Wildman–Crippen LogP) is -2.61. The van der Waals surface area contributed by atoms with Gasteiger partial charge in [-0.2, -0.15) is 0 Å². The van der Waals surface area contributed by atoms with Gasteiger partial charge in [-0.05, 0) is 0 Å². The van der Waals surface area contributed by atoms with Crippen molar-refractivity contribution < 1.29 is 38.7 Å². The summed E-state index contributed by atoms with van der Waals surface area (Å²) in [5.74, 6) is -2.83. The quantitative estimate of drug-likeness (QED) is 0.346. The zero-order chi connectivity index (χ0) is 8.81. The minimum Gasteiger partial charge on any atom is -0.503 e. The van der Waals surface area contributed by atoms with Crippen LogP contribution >= 0.6 is 0 Å². The van der Waals surface area contributed by atoms with Gasteiger partial charge in [0.2, 0.25) is 0 Å². The van der Waals surface area contributed by atoms with Crippen molar-refractivity contribution in [1.29, 1.82) is 0 Å². The van der Waals surface area contributed by atoms with E-state index in [2.05, 4.69) is 0 Å². The Bertz CT molecular complexity index is 201. The molecule has 5 heteroatoms. The van der Waals surface area contributed by atoms with E-state index in [9.17, 15) is 9.59 Å². The monoisotopic (exact) mass is 164 g/mol. The second kappa shape index (κ2) is 3.04. The molecule has 1 fully saturated rings. The Kier molecular flexibility index (Phi) is 2.89. The van der Waals surface area contributed by atoms with E-state index in [0.29, 0.717) is 0 Å². The maximum Gasteiger partial charge on any atom is 1.00 e. The minimum absolute atomic E-state index is 0. The van der Waals surface area contributed by atoms with Crippen LogP contribution in [0.4, 0.5) is 0 Å². The Balaban J connectivity index is 0.00000121. The van der Waals surface area contributed by atoms with Crippen LogP contribution in [-0.4, -0.2) is 22.2 Å². The van der Waals surface area contributed by atoms with Gasteiger partial charge < -0.3 is 10.2 Å². The van der Waals surface area contributed by atoms with Gasteiger partial charge in [-0.15, -0.1) is 5.41 Å². The second-order valence-corrected chi connectivity index (χ2v) is 3.21. The van der Waals surface area contributed by atoms with E-state index in [4.69, 9.17) is 10.2 Å². The molecule has 0 amide bonds. The largest absolute Gasteiger partial charge is 1.00 e. The maximum atomic E-state index is 10.4. The molecule has 12 heavy (non-hydrogen) atoms. The third-order valence-corrected chi connectivity index (χ3v) is 2.10. The average molecular weight is 164 g/mol. The van der Waals surface area contributed by atoms with Crippen LogP contribution in [0.2, 0.25) is 0 Å². The van der Waals surface area contributed by atoms with Gasteiger partial charge >= 0.3 is 18.9 Å². The van der Waals surface area contributed by atoms with E-state index in [1.54, 1.807) is 13.8 Å². The summed E-state index contributed by atoms with van der Waals surface area (Å²) in [5.41, 5.74) is -0.655. The van der Waals surface area contributed by atoms with Gasteiger partial charge in [-0.3, -0.25) is 15.5 Å². The molecule has 1 aliphatic rings. The van der Waals surface area contributed by atoms with Crippen LogP contribution in [0.5, 0.6) is 0 Å². The van der Waals surface area contributed by atoms with Crippen molar-refractivity contribution in [3.63, 3.8) is 0 Å². The molecular weight excluding hydrogens is 155 g/mol. The van der Waals surface area contributed by atoms with Crippen molar-refractivity contribution in [3.8, 4) is 0 Å². The molecule has 1 atom stereocenters. The molecule has 0 aromatic carbocycles. The normalized spacial score (nSPS) is 24.2. The summed E-state index contributed by atoms with van der Waals surface area (Å²) in [4.78, 5) is 20.8. The number of carboxylic acids is 2. The summed E-state index contributed by atoms with van der Waals surface area (Å²) in [5, 5.41) is 17.0. The zero-order valence-electron chi connectivity index (χ0n) is 7.29. The Labute approximate surface area is 82.1 Å². The molecule has 0 radical (unpaired) electrons. The molecule has 1 saturated carbocycles. The van der Waals surface area contributed by atoms with E-state index < -0.39 is 23.3 Å². The van der Waals surface area contributed by atoms with E-state index in [0.717, 1.165) is 0 Å². The number of hydrogen-bond acceptors (Lipinski definition) is 2. The van der Waals surface area contributed by atoms with Gasteiger partial charge in [0, 0.05) is 0 Å². The van der Waals surface area contributed by atoms with Gasteiger partial charge in [0.05, 0.1) is 0 Å². The third kappa shape index (κ3) is 1.45. The van der Waals surface area contributed by atoms with Crippen molar-refractivity contribution in [2.75, 3.05) is 0 Å². The van der Waals surface area contributed by atoms with E-state index in [1.807, 2.05) is 0 Å². The number of carboxylic acid groups (broad SMARTS) is 2. The second-order valence-electron chi connectivity index (χ2n) is 3.21. The summed E-state index contributed by atoms with van der Waals surface area (Å²) in [6, 6.07) is 0. The molecule has 1 aliphatic carbocycles. The molecule has 0 aromatic rings. The van der Waals surface area contributed by atoms with E-state index in [-0.39, 0.29) is 24.8 Å². The summed E-state index contributed by atoms with van der Waals surface area (Å²) >= 11 is 0. The first kappa shape index (κ1) is 11.4. The number of hydrogen-bond donors (Lipinski definition) is 2. The SMILES string of the molecule is CC1(C)[C-](C(=O)O)C1C(=O)O.[Li+]. The van der Waals surface area contributed by atoms with Crippen LogP contribution in [0, 0.1) is 17.3 Å². The molecule has 1 unspecified atom stereocenters.